The van der Waals surface area contributed by atoms with Crippen molar-refractivity contribution >= 4 is 24.2 Å². The molecule has 0 aliphatic heterocycles. The molecular formula is C19H22ClN3OS. The molecule has 3 N–H and O–H groups in total. The molecule has 0 bridgehead atoms. The van der Waals surface area contributed by atoms with Crippen molar-refractivity contribution in [2.75, 3.05) is 6.61 Å². The van der Waals surface area contributed by atoms with Crippen LogP contribution in [0.2, 0.25) is 0 Å². The van der Waals surface area contributed by atoms with E-state index in [9.17, 15) is 5.11 Å². The van der Waals surface area contributed by atoms with E-state index < -0.39 is 0 Å². The average molecular weight is 376 g/mol. The maximum atomic E-state index is 9.39. The molecule has 0 spiro atoms. The van der Waals surface area contributed by atoms with Gasteiger partial charge in [0.25, 0.3) is 0 Å². The van der Waals surface area contributed by atoms with Crippen molar-refractivity contribution in [3.05, 3.63) is 66.2 Å². The highest BCUT2D eigenvalue weighted by atomic mass is 35.5. The minimum Gasteiger partial charge on any atom is -0.395 e. The summed E-state index contributed by atoms with van der Waals surface area (Å²) in [7, 11) is 1.95. The molecule has 0 saturated heterocycles. The van der Waals surface area contributed by atoms with Gasteiger partial charge in [0, 0.05) is 29.1 Å². The molecule has 132 valence electrons. The van der Waals surface area contributed by atoms with Crippen LogP contribution in [0.25, 0.3) is 11.3 Å². The molecule has 3 aromatic rings. The summed E-state index contributed by atoms with van der Waals surface area (Å²) < 4.78 is 1.90. The fourth-order valence-corrected chi connectivity index (χ4v) is 3.61. The summed E-state index contributed by atoms with van der Waals surface area (Å²) >= 11 is 1.67. The van der Waals surface area contributed by atoms with Gasteiger partial charge in [-0.05, 0) is 18.6 Å². The van der Waals surface area contributed by atoms with Gasteiger partial charge in [-0.15, -0.1) is 12.4 Å². The van der Waals surface area contributed by atoms with E-state index in [1.54, 1.807) is 11.8 Å². The monoisotopic (exact) mass is 375 g/mol. The molecule has 1 unspecified atom stereocenters. The predicted octanol–water partition coefficient (Wildman–Crippen LogP) is 3.52. The highest BCUT2D eigenvalue weighted by molar-refractivity contribution is 7.99. The van der Waals surface area contributed by atoms with Crippen LogP contribution in [0.1, 0.15) is 5.56 Å². The first kappa shape index (κ1) is 19.5. The summed E-state index contributed by atoms with van der Waals surface area (Å²) in [6.45, 7) is -0.0431. The number of hydrogen-bond donors (Lipinski definition) is 2. The molecule has 0 fully saturated rings. The third-order valence-corrected chi connectivity index (χ3v) is 5.01. The van der Waals surface area contributed by atoms with Crippen LogP contribution in [0, 0.1) is 0 Å². The third kappa shape index (κ3) is 4.64. The molecule has 0 aliphatic rings. The number of aryl methyl sites for hydroxylation is 1. The Bertz CT molecular complexity index is 793. The highest BCUT2D eigenvalue weighted by Crippen LogP contribution is 2.36. The summed E-state index contributed by atoms with van der Waals surface area (Å²) in [6.07, 6.45) is 0.587. The maximum Gasteiger partial charge on any atom is 0.102 e. The van der Waals surface area contributed by atoms with E-state index in [4.69, 9.17) is 10.8 Å². The lowest BCUT2D eigenvalue weighted by atomic mass is 10.0. The smallest absolute Gasteiger partial charge is 0.102 e. The number of aliphatic hydroxyl groups is 1. The van der Waals surface area contributed by atoms with Gasteiger partial charge >= 0.3 is 0 Å². The maximum absolute atomic E-state index is 9.39. The van der Waals surface area contributed by atoms with Crippen molar-refractivity contribution in [2.24, 2.45) is 12.8 Å². The molecule has 1 atom stereocenters. The first-order valence-corrected chi connectivity index (χ1v) is 8.71. The van der Waals surface area contributed by atoms with E-state index >= 15 is 0 Å². The minimum absolute atomic E-state index is 0. The Hall–Kier alpha value is -1.79. The van der Waals surface area contributed by atoms with Crippen molar-refractivity contribution in [3.8, 4) is 11.3 Å². The van der Waals surface area contributed by atoms with Crippen molar-refractivity contribution < 1.29 is 5.11 Å². The van der Waals surface area contributed by atoms with Gasteiger partial charge < -0.3 is 10.8 Å². The first-order chi connectivity index (χ1) is 11.7. The number of nitrogens with zero attached hydrogens (tertiary/aromatic N) is 2. The largest absolute Gasteiger partial charge is 0.395 e. The van der Waals surface area contributed by atoms with E-state index in [1.807, 2.05) is 60.3 Å². The summed E-state index contributed by atoms with van der Waals surface area (Å²) in [4.78, 5) is 1.15. The number of aromatic nitrogens is 2. The van der Waals surface area contributed by atoms with E-state index in [-0.39, 0.29) is 25.1 Å². The van der Waals surface area contributed by atoms with E-state index in [2.05, 4.69) is 12.1 Å². The number of nitrogens with two attached hydrogens (primary N) is 1. The molecule has 4 nitrogen and oxygen atoms in total. The number of hydrogen-bond acceptors (Lipinski definition) is 4. The van der Waals surface area contributed by atoms with Crippen LogP contribution in [0.15, 0.2) is 70.6 Å². The molecule has 0 saturated carbocycles. The Kier molecular flexibility index (Phi) is 7.08. The average Bonchev–Trinajstić information content (AvgIpc) is 2.92. The zero-order chi connectivity index (χ0) is 16.9. The highest BCUT2D eigenvalue weighted by Gasteiger charge is 2.20. The van der Waals surface area contributed by atoms with Gasteiger partial charge in [0.15, 0.2) is 0 Å². The van der Waals surface area contributed by atoms with Gasteiger partial charge in [0.05, 0.1) is 12.3 Å². The number of benzene rings is 2. The summed E-state index contributed by atoms with van der Waals surface area (Å²) in [5, 5.41) is 15.2. The molecule has 0 aliphatic carbocycles. The standard InChI is InChI=1S/C19H21N3OS.ClH/c1-22-19(24-16-10-6-3-7-11-16)17(12-15(20)13-23)18(21-22)14-8-4-2-5-9-14;/h2-11,15,23H,12-13,20H2,1H3;1H. The Labute approximate surface area is 158 Å². The fraction of sp³-hybridized carbons (Fsp3) is 0.211. The lowest BCUT2D eigenvalue weighted by molar-refractivity contribution is 0.265. The number of halogens is 1. The van der Waals surface area contributed by atoms with Crippen LogP contribution in [0.3, 0.4) is 0 Å². The van der Waals surface area contributed by atoms with Crippen LogP contribution < -0.4 is 5.73 Å². The molecule has 3 rings (SSSR count). The Morgan fingerprint density at radius 1 is 1.08 bits per heavy atom. The molecule has 6 heteroatoms. The van der Waals surface area contributed by atoms with Gasteiger partial charge in [-0.1, -0.05) is 60.3 Å². The van der Waals surface area contributed by atoms with Gasteiger partial charge in [-0.2, -0.15) is 5.10 Å². The van der Waals surface area contributed by atoms with E-state index in [0.717, 1.165) is 26.7 Å². The molecular weight excluding hydrogens is 354 g/mol. The van der Waals surface area contributed by atoms with E-state index in [1.165, 1.54) is 0 Å². The number of rotatable bonds is 6. The predicted molar refractivity (Wildman–Crippen MR) is 105 cm³/mol. The summed E-state index contributed by atoms with van der Waals surface area (Å²) in [6, 6.07) is 20.0. The Balaban J connectivity index is 0.00000225. The lowest BCUT2D eigenvalue weighted by Gasteiger charge is -2.11. The number of aliphatic hydroxyl groups excluding tert-OH is 1. The van der Waals surface area contributed by atoms with Crippen molar-refractivity contribution in [1.29, 1.82) is 0 Å². The minimum atomic E-state index is -0.299. The van der Waals surface area contributed by atoms with Crippen LogP contribution >= 0.6 is 24.2 Å². The summed E-state index contributed by atoms with van der Waals surface area (Å²) in [5.41, 5.74) is 9.10. The topological polar surface area (TPSA) is 64.1 Å². The molecule has 25 heavy (non-hydrogen) atoms. The second-order valence-corrected chi connectivity index (χ2v) is 6.75. The second-order valence-electron chi connectivity index (χ2n) is 5.68. The lowest BCUT2D eigenvalue weighted by Crippen LogP contribution is -2.27. The van der Waals surface area contributed by atoms with Crippen molar-refractivity contribution in [1.82, 2.24) is 9.78 Å². The SMILES string of the molecule is Cl.Cn1nc(-c2ccccc2)c(CC(N)CO)c1Sc1ccccc1. The van der Waals surface area contributed by atoms with Gasteiger partial charge in [0.1, 0.15) is 5.03 Å². The van der Waals surface area contributed by atoms with Crippen LogP contribution in [-0.4, -0.2) is 27.5 Å². The van der Waals surface area contributed by atoms with Crippen molar-refractivity contribution in [3.63, 3.8) is 0 Å². The fourth-order valence-electron chi connectivity index (χ4n) is 2.62. The van der Waals surface area contributed by atoms with Crippen LogP contribution in [0.5, 0.6) is 0 Å². The molecule has 1 aromatic heterocycles. The quantitative estimate of drug-likeness (QED) is 0.691. The molecule has 0 radical (unpaired) electrons. The Morgan fingerprint density at radius 3 is 2.28 bits per heavy atom. The van der Waals surface area contributed by atoms with Gasteiger partial charge in [-0.3, -0.25) is 4.68 Å². The molecule has 0 amide bonds. The molecule has 1 heterocycles. The van der Waals surface area contributed by atoms with E-state index in [0.29, 0.717) is 6.42 Å². The van der Waals surface area contributed by atoms with Gasteiger partial charge in [0.2, 0.25) is 0 Å². The first-order valence-electron chi connectivity index (χ1n) is 7.89. The normalized spacial score (nSPS) is 11.8. The second kappa shape index (κ2) is 9.06. The Morgan fingerprint density at radius 2 is 1.68 bits per heavy atom. The third-order valence-electron chi connectivity index (χ3n) is 3.79. The van der Waals surface area contributed by atoms with Crippen LogP contribution in [-0.2, 0) is 13.5 Å². The zero-order valence-electron chi connectivity index (χ0n) is 14.0. The summed E-state index contributed by atoms with van der Waals surface area (Å²) in [5.74, 6) is 0. The van der Waals surface area contributed by atoms with Crippen molar-refractivity contribution in [2.45, 2.75) is 22.4 Å². The van der Waals surface area contributed by atoms with Crippen LogP contribution in [0.4, 0.5) is 0 Å². The zero-order valence-corrected chi connectivity index (χ0v) is 15.6. The van der Waals surface area contributed by atoms with Gasteiger partial charge in [-0.25, -0.2) is 0 Å². The molecule has 2 aromatic carbocycles.